The molecule has 4 rings (SSSR count). The largest absolute Gasteiger partial charge is 0.497 e. The summed E-state index contributed by atoms with van der Waals surface area (Å²) in [5.41, 5.74) is 2.29. The molecule has 0 radical (unpaired) electrons. The molecular formula is C21H23N3O2. The summed E-state index contributed by atoms with van der Waals surface area (Å²) >= 11 is 0. The Bertz CT molecular complexity index is 942. The predicted octanol–water partition coefficient (Wildman–Crippen LogP) is 3.83. The maximum atomic E-state index is 6.07. The molecule has 0 aliphatic carbocycles. The Morgan fingerprint density at radius 1 is 1.12 bits per heavy atom. The smallest absolute Gasteiger partial charge is 0.135 e. The van der Waals surface area contributed by atoms with Crippen LogP contribution in [-0.2, 0) is 4.74 Å². The number of benzene rings is 2. The third-order valence-corrected chi connectivity index (χ3v) is 4.87. The fraction of sp³-hybridized carbons (Fsp3) is 0.333. The van der Waals surface area contributed by atoms with Gasteiger partial charge in [-0.05, 0) is 48.4 Å². The van der Waals surface area contributed by atoms with E-state index in [2.05, 4.69) is 52.1 Å². The maximum Gasteiger partial charge on any atom is 0.135 e. The van der Waals surface area contributed by atoms with Crippen LogP contribution in [-0.4, -0.2) is 36.8 Å². The van der Waals surface area contributed by atoms with E-state index in [1.54, 1.807) is 7.11 Å². The van der Waals surface area contributed by atoms with E-state index in [-0.39, 0.29) is 6.10 Å². The number of fused-ring (bicyclic) bond motifs is 1. The molecule has 0 saturated carbocycles. The number of hydrogen-bond acceptors (Lipinski definition) is 5. The maximum absolute atomic E-state index is 6.07. The van der Waals surface area contributed by atoms with Crippen molar-refractivity contribution in [1.29, 1.82) is 0 Å². The first kappa shape index (κ1) is 16.8. The number of morpholine rings is 1. The summed E-state index contributed by atoms with van der Waals surface area (Å²) in [5.74, 6) is 2.68. The Hall–Kier alpha value is -2.66. The Balaban J connectivity index is 1.61. The second-order valence-electron chi connectivity index (χ2n) is 6.70. The highest BCUT2D eigenvalue weighted by molar-refractivity contribution is 5.84. The second kappa shape index (κ2) is 6.92. The lowest BCUT2D eigenvalue weighted by Gasteiger charge is -2.34. The van der Waals surface area contributed by atoms with Crippen LogP contribution in [0.4, 0.5) is 5.82 Å². The van der Waals surface area contributed by atoms with Gasteiger partial charge in [0.15, 0.2) is 0 Å². The molecule has 26 heavy (non-hydrogen) atoms. The van der Waals surface area contributed by atoms with Crippen LogP contribution in [0.1, 0.15) is 23.1 Å². The van der Waals surface area contributed by atoms with E-state index in [9.17, 15) is 0 Å². The van der Waals surface area contributed by atoms with E-state index in [1.807, 2.05) is 19.2 Å². The molecule has 5 nitrogen and oxygen atoms in total. The first-order valence-electron chi connectivity index (χ1n) is 8.88. The van der Waals surface area contributed by atoms with Crippen LogP contribution in [0.3, 0.4) is 0 Å². The van der Waals surface area contributed by atoms with Crippen molar-refractivity contribution in [2.45, 2.75) is 20.0 Å². The molecule has 1 fully saturated rings. The van der Waals surface area contributed by atoms with Gasteiger partial charge in [0.2, 0.25) is 0 Å². The molecule has 1 aliphatic heterocycles. The first-order chi connectivity index (χ1) is 12.6. The molecule has 0 bridgehead atoms. The van der Waals surface area contributed by atoms with Crippen molar-refractivity contribution in [2.75, 3.05) is 31.7 Å². The van der Waals surface area contributed by atoms with Crippen molar-refractivity contribution in [3.05, 3.63) is 59.5 Å². The van der Waals surface area contributed by atoms with Crippen LogP contribution < -0.4 is 9.64 Å². The second-order valence-corrected chi connectivity index (χ2v) is 6.70. The van der Waals surface area contributed by atoms with Gasteiger partial charge in [-0.1, -0.05) is 18.2 Å². The van der Waals surface area contributed by atoms with Gasteiger partial charge in [-0.3, -0.25) is 0 Å². The molecule has 2 aromatic carbocycles. The zero-order valence-corrected chi connectivity index (χ0v) is 15.4. The molecule has 0 amide bonds. The summed E-state index contributed by atoms with van der Waals surface area (Å²) in [4.78, 5) is 11.2. The average molecular weight is 349 g/mol. The summed E-state index contributed by atoms with van der Waals surface area (Å²) in [7, 11) is 1.69. The van der Waals surface area contributed by atoms with Gasteiger partial charge in [-0.25, -0.2) is 9.97 Å². The number of ether oxygens (including phenoxy) is 2. The lowest BCUT2D eigenvalue weighted by Crippen LogP contribution is -2.39. The van der Waals surface area contributed by atoms with E-state index in [0.29, 0.717) is 6.61 Å². The van der Waals surface area contributed by atoms with Crippen LogP contribution in [0, 0.1) is 13.8 Å². The molecule has 1 aromatic heterocycles. The molecule has 5 heteroatoms. The summed E-state index contributed by atoms with van der Waals surface area (Å²) in [6, 6.07) is 12.6. The molecule has 0 N–H and O–H groups in total. The number of rotatable bonds is 3. The number of methoxy groups -OCH3 is 1. The minimum absolute atomic E-state index is 0.0323. The zero-order chi connectivity index (χ0) is 18.1. The van der Waals surface area contributed by atoms with E-state index < -0.39 is 0 Å². The van der Waals surface area contributed by atoms with Gasteiger partial charge in [0.25, 0.3) is 0 Å². The number of aryl methyl sites for hydroxylation is 2. The van der Waals surface area contributed by atoms with Gasteiger partial charge in [0.1, 0.15) is 23.5 Å². The number of hydrogen-bond donors (Lipinski definition) is 0. The number of anilines is 1. The monoisotopic (exact) mass is 349 g/mol. The van der Waals surface area contributed by atoms with Gasteiger partial charge in [-0.2, -0.15) is 0 Å². The average Bonchev–Trinajstić information content (AvgIpc) is 2.69. The van der Waals surface area contributed by atoms with Crippen molar-refractivity contribution in [3.63, 3.8) is 0 Å². The fourth-order valence-corrected chi connectivity index (χ4v) is 3.45. The Morgan fingerprint density at radius 2 is 1.92 bits per heavy atom. The number of nitrogens with zero attached hydrogens (tertiary/aromatic N) is 3. The molecular weight excluding hydrogens is 326 g/mol. The summed E-state index contributed by atoms with van der Waals surface area (Å²) in [5, 5.41) is 2.36. The Morgan fingerprint density at radius 3 is 2.77 bits per heavy atom. The van der Waals surface area contributed by atoms with Crippen LogP contribution in [0.5, 0.6) is 5.75 Å². The molecule has 1 aliphatic rings. The lowest BCUT2D eigenvalue weighted by atomic mass is 10.0. The van der Waals surface area contributed by atoms with Crippen molar-refractivity contribution in [3.8, 4) is 5.75 Å². The fourth-order valence-electron chi connectivity index (χ4n) is 3.45. The van der Waals surface area contributed by atoms with E-state index in [0.717, 1.165) is 36.0 Å². The zero-order valence-electron chi connectivity index (χ0n) is 15.4. The first-order valence-corrected chi connectivity index (χ1v) is 8.88. The van der Waals surface area contributed by atoms with Crippen LogP contribution in [0.15, 0.2) is 42.6 Å². The molecule has 1 atom stereocenters. The molecule has 1 saturated heterocycles. The van der Waals surface area contributed by atoms with Gasteiger partial charge in [-0.15, -0.1) is 0 Å². The SMILES string of the molecule is COc1ccc2cc(C3CN(c4nc(C)ncc4C)CCO3)ccc2c1. The highest BCUT2D eigenvalue weighted by atomic mass is 16.5. The molecule has 0 spiro atoms. The highest BCUT2D eigenvalue weighted by Crippen LogP contribution is 2.30. The summed E-state index contributed by atoms with van der Waals surface area (Å²) in [6.45, 7) is 6.31. The van der Waals surface area contributed by atoms with Crippen molar-refractivity contribution < 1.29 is 9.47 Å². The quantitative estimate of drug-likeness (QED) is 0.719. The predicted molar refractivity (Wildman–Crippen MR) is 103 cm³/mol. The molecule has 1 unspecified atom stereocenters. The number of aromatic nitrogens is 2. The Kier molecular flexibility index (Phi) is 4.47. The molecule has 2 heterocycles. The Labute approximate surface area is 153 Å². The van der Waals surface area contributed by atoms with Gasteiger partial charge in [0.05, 0.1) is 13.7 Å². The van der Waals surface area contributed by atoms with E-state index in [4.69, 9.17) is 9.47 Å². The van der Waals surface area contributed by atoms with Crippen LogP contribution in [0.25, 0.3) is 10.8 Å². The molecule has 134 valence electrons. The van der Waals surface area contributed by atoms with Crippen LogP contribution in [0.2, 0.25) is 0 Å². The van der Waals surface area contributed by atoms with Crippen molar-refractivity contribution in [1.82, 2.24) is 9.97 Å². The van der Waals surface area contributed by atoms with Gasteiger partial charge in [0, 0.05) is 24.8 Å². The van der Waals surface area contributed by atoms with Crippen molar-refractivity contribution >= 4 is 16.6 Å². The standard InChI is InChI=1S/C21H23N3O2/c1-14-12-22-15(2)23-21(14)24-8-9-26-20(13-24)18-5-4-17-11-19(25-3)7-6-16(17)10-18/h4-7,10-12,20H,8-9,13H2,1-3H3. The highest BCUT2D eigenvalue weighted by Gasteiger charge is 2.24. The summed E-state index contributed by atoms with van der Waals surface area (Å²) < 4.78 is 11.4. The van der Waals surface area contributed by atoms with Gasteiger partial charge < -0.3 is 14.4 Å². The van der Waals surface area contributed by atoms with Crippen LogP contribution >= 0.6 is 0 Å². The van der Waals surface area contributed by atoms with E-state index >= 15 is 0 Å². The van der Waals surface area contributed by atoms with E-state index in [1.165, 1.54) is 16.3 Å². The van der Waals surface area contributed by atoms with Gasteiger partial charge >= 0.3 is 0 Å². The van der Waals surface area contributed by atoms with Crippen molar-refractivity contribution in [2.24, 2.45) is 0 Å². The third-order valence-electron chi connectivity index (χ3n) is 4.87. The minimum Gasteiger partial charge on any atom is -0.497 e. The third kappa shape index (κ3) is 3.22. The summed E-state index contributed by atoms with van der Waals surface area (Å²) in [6.07, 6.45) is 1.93. The minimum atomic E-state index is 0.0323. The topological polar surface area (TPSA) is 47.5 Å². The molecule has 3 aromatic rings. The normalized spacial score (nSPS) is 17.5. The lowest BCUT2D eigenvalue weighted by molar-refractivity contribution is 0.0395.